The molecule has 1 aromatic carbocycles. The first kappa shape index (κ1) is 20.1. The average molecular weight is 383 g/mol. The molecule has 2 aromatic rings. The highest BCUT2D eigenvalue weighted by Gasteiger charge is 2.27. The van der Waals surface area contributed by atoms with Gasteiger partial charge in [0.15, 0.2) is 5.82 Å². The Balaban J connectivity index is 1.81. The number of aromatic nitrogens is 2. The maximum atomic E-state index is 12.9. The van der Waals surface area contributed by atoms with Gasteiger partial charge in [-0.05, 0) is 62.8 Å². The summed E-state index contributed by atoms with van der Waals surface area (Å²) in [6, 6.07) is 5.94. The molecule has 1 aliphatic rings. The van der Waals surface area contributed by atoms with E-state index >= 15 is 0 Å². The van der Waals surface area contributed by atoms with Gasteiger partial charge in [0, 0.05) is 18.8 Å². The van der Waals surface area contributed by atoms with E-state index in [1.54, 1.807) is 0 Å². The number of hydrogen-bond acceptors (Lipinski definition) is 3. The van der Waals surface area contributed by atoms with E-state index in [9.17, 15) is 9.59 Å². The van der Waals surface area contributed by atoms with Crippen molar-refractivity contribution in [2.75, 3.05) is 11.9 Å². The summed E-state index contributed by atoms with van der Waals surface area (Å²) in [4.78, 5) is 30.0. The van der Waals surface area contributed by atoms with Crippen LogP contribution in [0.25, 0.3) is 0 Å². The van der Waals surface area contributed by atoms with Gasteiger partial charge in [-0.25, -0.2) is 4.98 Å². The second-order valence-electron chi connectivity index (χ2n) is 7.63. The second-order valence-corrected chi connectivity index (χ2v) is 7.63. The Kier molecular flexibility index (Phi) is 6.49. The van der Waals surface area contributed by atoms with Gasteiger partial charge in [0.25, 0.3) is 11.8 Å². The largest absolute Gasteiger partial charge is 0.351 e. The third-order valence-electron chi connectivity index (χ3n) is 5.08. The maximum Gasteiger partial charge on any atom is 0.291 e. The van der Waals surface area contributed by atoms with Crippen LogP contribution >= 0.6 is 0 Å². The smallest absolute Gasteiger partial charge is 0.291 e. The molecule has 3 rings (SSSR count). The van der Waals surface area contributed by atoms with E-state index in [1.807, 2.05) is 30.5 Å². The van der Waals surface area contributed by atoms with Crippen molar-refractivity contribution in [1.29, 1.82) is 0 Å². The number of anilines is 1. The van der Waals surface area contributed by atoms with E-state index in [1.165, 1.54) is 0 Å². The van der Waals surface area contributed by atoms with Gasteiger partial charge < -0.3 is 15.2 Å². The van der Waals surface area contributed by atoms with Gasteiger partial charge in [0.2, 0.25) is 0 Å². The highest BCUT2D eigenvalue weighted by atomic mass is 16.2. The van der Waals surface area contributed by atoms with E-state index in [0.29, 0.717) is 18.1 Å². The van der Waals surface area contributed by atoms with Crippen LogP contribution in [0.3, 0.4) is 0 Å². The number of carbonyl (C=O) groups is 2. The van der Waals surface area contributed by atoms with Crippen molar-refractivity contribution in [2.45, 2.75) is 65.8 Å². The number of imidazole rings is 1. The molecule has 6 heteroatoms. The fourth-order valence-electron chi connectivity index (χ4n) is 3.79. The highest BCUT2D eigenvalue weighted by Crippen LogP contribution is 2.22. The number of aryl methyl sites for hydroxylation is 2. The van der Waals surface area contributed by atoms with Gasteiger partial charge in [-0.15, -0.1) is 0 Å². The van der Waals surface area contributed by atoms with Gasteiger partial charge >= 0.3 is 0 Å². The summed E-state index contributed by atoms with van der Waals surface area (Å²) >= 11 is 0. The molecule has 6 nitrogen and oxygen atoms in total. The Morgan fingerprint density at radius 1 is 1.07 bits per heavy atom. The molecular formula is C22H30N4O2. The standard InChI is InChI=1S/C22H30N4O2/c1-4-5-7-10-23-21(27)19-18-9-6-8-11-26(18)20(25-19)22(28)24-17-13-15(2)12-16(3)14-17/h12-14H,4-11H2,1-3H3,(H,23,27)(H,24,28). The number of nitrogens with zero attached hydrogens (tertiary/aromatic N) is 2. The monoisotopic (exact) mass is 382 g/mol. The molecule has 2 heterocycles. The lowest BCUT2D eigenvalue weighted by atomic mass is 10.1. The Hall–Kier alpha value is -2.63. The fourth-order valence-corrected chi connectivity index (χ4v) is 3.79. The Morgan fingerprint density at radius 2 is 1.82 bits per heavy atom. The predicted octanol–water partition coefficient (Wildman–Crippen LogP) is 4.01. The van der Waals surface area contributed by atoms with Crippen LogP contribution in [0.5, 0.6) is 0 Å². The second kappa shape index (κ2) is 9.04. The predicted molar refractivity (Wildman–Crippen MR) is 111 cm³/mol. The lowest BCUT2D eigenvalue weighted by molar-refractivity contribution is 0.0947. The zero-order chi connectivity index (χ0) is 20.1. The first-order valence-corrected chi connectivity index (χ1v) is 10.3. The number of unbranched alkanes of at least 4 members (excludes halogenated alkanes) is 2. The molecule has 0 bridgehead atoms. The van der Waals surface area contributed by atoms with Crippen LogP contribution in [0.1, 0.15) is 77.0 Å². The normalized spacial score (nSPS) is 13.1. The maximum absolute atomic E-state index is 12.9. The van der Waals surface area contributed by atoms with Crippen molar-refractivity contribution >= 4 is 17.5 Å². The summed E-state index contributed by atoms with van der Waals surface area (Å²) in [5.41, 5.74) is 4.22. The minimum atomic E-state index is -0.266. The molecule has 150 valence electrons. The number of rotatable bonds is 7. The zero-order valence-corrected chi connectivity index (χ0v) is 17.1. The average Bonchev–Trinajstić information content (AvgIpc) is 3.04. The van der Waals surface area contributed by atoms with Crippen molar-refractivity contribution in [1.82, 2.24) is 14.9 Å². The number of benzene rings is 1. The van der Waals surface area contributed by atoms with Crippen LogP contribution in [-0.4, -0.2) is 27.9 Å². The van der Waals surface area contributed by atoms with Crippen LogP contribution in [0, 0.1) is 13.8 Å². The molecule has 0 saturated carbocycles. The number of carbonyl (C=O) groups excluding carboxylic acids is 2. The van der Waals surface area contributed by atoms with Crippen LogP contribution in [-0.2, 0) is 13.0 Å². The topological polar surface area (TPSA) is 76.0 Å². The van der Waals surface area contributed by atoms with Crippen molar-refractivity contribution in [3.8, 4) is 0 Å². The molecule has 1 aliphatic heterocycles. The van der Waals surface area contributed by atoms with Crippen molar-refractivity contribution < 1.29 is 9.59 Å². The molecule has 0 unspecified atom stereocenters. The van der Waals surface area contributed by atoms with Crippen LogP contribution in [0.4, 0.5) is 5.69 Å². The molecule has 0 aliphatic carbocycles. The van der Waals surface area contributed by atoms with Crippen LogP contribution in [0.15, 0.2) is 18.2 Å². The third-order valence-corrected chi connectivity index (χ3v) is 5.08. The molecular weight excluding hydrogens is 352 g/mol. The van der Waals surface area contributed by atoms with E-state index in [2.05, 4.69) is 28.6 Å². The molecule has 0 saturated heterocycles. The van der Waals surface area contributed by atoms with Gasteiger partial charge in [-0.2, -0.15) is 0 Å². The summed E-state index contributed by atoms with van der Waals surface area (Å²) in [7, 11) is 0. The Morgan fingerprint density at radius 3 is 2.54 bits per heavy atom. The summed E-state index contributed by atoms with van der Waals surface area (Å²) < 4.78 is 1.92. The minimum absolute atomic E-state index is 0.174. The van der Waals surface area contributed by atoms with Gasteiger partial charge in [-0.3, -0.25) is 9.59 Å². The van der Waals surface area contributed by atoms with E-state index in [4.69, 9.17) is 0 Å². The van der Waals surface area contributed by atoms with E-state index < -0.39 is 0 Å². The summed E-state index contributed by atoms with van der Waals surface area (Å²) in [5.74, 6) is -0.113. The number of nitrogens with one attached hydrogen (secondary N) is 2. The molecule has 0 fully saturated rings. The Labute approximate surface area is 166 Å². The number of amides is 2. The van der Waals surface area contributed by atoms with Crippen LogP contribution in [0.2, 0.25) is 0 Å². The number of hydrogen-bond donors (Lipinski definition) is 2. The van der Waals surface area contributed by atoms with Gasteiger partial charge in [-0.1, -0.05) is 25.8 Å². The molecule has 0 radical (unpaired) electrons. The number of fused-ring (bicyclic) bond motifs is 1. The highest BCUT2D eigenvalue weighted by molar-refractivity contribution is 6.03. The fraction of sp³-hybridized carbons (Fsp3) is 0.500. The zero-order valence-electron chi connectivity index (χ0n) is 17.1. The molecule has 1 aromatic heterocycles. The SMILES string of the molecule is CCCCCNC(=O)c1nc(C(=O)Nc2cc(C)cc(C)c2)n2c1CCCC2. The first-order chi connectivity index (χ1) is 13.5. The van der Waals surface area contributed by atoms with Crippen molar-refractivity contribution in [3.63, 3.8) is 0 Å². The summed E-state index contributed by atoms with van der Waals surface area (Å²) in [5, 5.41) is 5.90. The molecule has 0 atom stereocenters. The summed E-state index contributed by atoms with van der Waals surface area (Å²) in [6.07, 6.45) is 5.94. The minimum Gasteiger partial charge on any atom is -0.351 e. The summed E-state index contributed by atoms with van der Waals surface area (Å²) in [6.45, 7) is 7.50. The molecule has 28 heavy (non-hydrogen) atoms. The van der Waals surface area contributed by atoms with Crippen molar-refractivity contribution in [2.24, 2.45) is 0 Å². The molecule has 2 N–H and O–H groups in total. The van der Waals surface area contributed by atoms with Crippen molar-refractivity contribution in [3.05, 3.63) is 46.5 Å². The first-order valence-electron chi connectivity index (χ1n) is 10.3. The third kappa shape index (κ3) is 4.61. The Bertz CT molecular complexity index is 849. The molecule has 2 amide bonds. The lowest BCUT2D eigenvalue weighted by Gasteiger charge is -2.17. The van der Waals surface area contributed by atoms with Gasteiger partial charge in [0.1, 0.15) is 5.69 Å². The lowest BCUT2D eigenvalue weighted by Crippen LogP contribution is -2.26. The van der Waals surface area contributed by atoms with Gasteiger partial charge in [0.05, 0.1) is 5.69 Å². The van der Waals surface area contributed by atoms with E-state index in [0.717, 1.165) is 67.6 Å². The van der Waals surface area contributed by atoms with E-state index in [-0.39, 0.29) is 11.8 Å². The van der Waals surface area contributed by atoms with Crippen LogP contribution < -0.4 is 10.6 Å². The quantitative estimate of drug-likeness (QED) is 0.711. The molecule has 0 spiro atoms.